The van der Waals surface area contributed by atoms with E-state index in [0.29, 0.717) is 0 Å². The average molecular weight is 350 g/mol. The summed E-state index contributed by atoms with van der Waals surface area (Å²) in [6, 6.07) is 18.7. The SMILES string of the molecule is NC(=O)[C@@H](NC(=O)C1CCCCC1)C(c1ccccc1)c1ccccc1. The van der Waals surface area contributed by atoms with Gasteiger partial charge in [0.1, 0.15) is 6.04 Å². The van der Waals surface area contributed by atoms with Gasteiger partial charge >= 0.3 is 0 Å². The lowest BCUT2D eigenvalue weighted by atomic mass is 9.83. The molecule has 1 saturated carbocycles. The van der Waals surface area contributed by atoms with Gasteiger partial charge in [0, 0.05) is 11.8 Å². The first-order valence-corrected chi connectivity index (χ1v) is 9.36. The molecule has 1 fully saturated rings. The van der Waals surface area contributed by atoms with E-state index in [-0.39, 0.29) is 17.7 Å². The third-order valence-corrected chi connectivity index (χ3v) is 5.23. The maximum absolute atomic E-state index is 12.8. The van der Waals surface area contributed by atoms with E-state index in [0.717, 1.165) is 36.8 Å². The maximum atomic E-state index is 12.8. The number of rotatable bonds is 6. The number of carbonyl (C=O) groups excluding carboxylic acids is 2. The molecule has 136 valence electrons. The molecule has 0 unspecified atom stereocenters. The third kappa shape index (κ3) is 4.31. The van der Waals surface area contributed by atoms with Gasteiger partial charge in [-0.05, 0) is 24.0 Å². The Kier molecular flexibility index (Phi) is 6.05. The summed E-state index contributed by atoms with van der Waals surface area (Å²) in [7, 11) is 0. The van der Waals surface area contributed by atoms with E-state index in [1.807, 2.05) is 60.7 Å². The molecule has 0 radical (unpaired) electrons. The predicted molar refractivity (Wildman–Crippen MR) is 102 cm³/mol. The number of nitrogens with one attached hydrogen (secondary N) is 1. The molecule has 3 rings (SSSR count). The predicted octanol–water partition coefficient (Wildman–Crippen LogP) is 3.37. The zero-order valence-corrected chi connectivity index (χ0v) is 14.9. The summed E-state index contributed by atoms with van der Waals surface area (Å²) >= 11 is 0. The second kappa shape index (κ2) is 8.65. The summed E-state index contributed by atoms with van der Waals surface area (Å²) in [5.74, 6) is -0.877. The van der Waals surface area contributed by atoms with Crippen molar-refractivity contribution in [2.24, 2.45) is 11.7 Å². The summed E-state index contributed by atoms with van der Waals surface area (Å²) < 4.78 is 0. The number of hydrogen-bond acceptors (Lipinski definition) is 2. The minimum atomic E-state index is -0.769. The lowest BCUT2D eigenvalue weighted by molar-refractivity contribution is -0.130. The maximum Gasteiger partial charge on any atom is 0.240 e. The van der Waals surface area contributed by atoms with Crippen LogP contribution in [0.15, 0.2) is 60.7 Å². The van der Waals surface area contributed by atoms with Gasteiger partial charge in [-0.1, -0.05) is 79.9 Å². The molecular weight excluding hydrogens is 324 g/mol. The summed E-state index contributed by atoms with van der Waals surface area (Å²) in [5.41, 5.74) is 7.67. The molecule has 26 heavy (non-hydrogen) atoms. The van der Waals surface area contributed by atoms with Gasteiger partial charge in [0.2, 0.25) is 11.8 Å². The van der Waals surface area contributed by atoms with Crippen LogP contribution in [-0.4, -0.2) is 17.9 Å². The molecule has 0 aromatic heterocycles. The van der Waals surface area contributed by atoms with Gasteiger partial charge in [0.05, 0.1) is 0 Å². The molecule has 4 nitrogen and oxygen atoms in total. The van der Waals surface area contributed by atoms with E-state index < -0.39 is 11.9 Å². The Labute approximate surface area is 154 Å². The van der Waals surface area contributed by atoms with E-state index >= 15 is 0 Å². The molecule has 0 bridgehead atoms. The second-order valence-electron chi connectivity index (χ2n) is 7.02. The first-order chi connectivity index (χ1) is 12.7. The Morgan fingerprint density at radius 2 is 1.35 bits per heavy atom. The standard InChI is InChI=1S/C22H26N2O2/c23-21(25)20(24-22(26)18-14-8-3-9-15-18)19(16-10-4-1-5-11-16)17-12-6-2-7-13-17/h1-2,4-7,10-13,18-20H,3,8-9,14-15H2,(H2,23,25)(H,24,26)/t20-/m0/s1. The molecule has 2 amide bonds. The van der Waals surface area contributed by atoms with E-state index in [2.05, 4.69) is 5.32 Å². The molecule has 2 aromatic rings. The minimum absolute atomic E-state index is 0.0159. The smallest absolute Gasteiger partial charge is 0.240 e. The third-order valence-electron chi connectivity index (χ3n) is 5.23. The zero-order chi connectivity index (χ0) is 18.4. The first-order valence-electron chi connectivity index (χ1n) is 9.36. The van der Waals surface area contributed by atoms with Gasteiger partial charge in [-0.2, -0.15) is 0 Å². The highest BCUT2D eigenvalue weighted by molar-refractivity contribution is 5.89. The van der Waals surface area contributed by atoms with Crippen LogP contribution in [-0.2, 0) is 9.59 Å². The lowest BCUT2D eigenvalue weighted by Crippen LogP contribution is -2.50. The Balaban J connectivity index is 1.90. The monoisotopic (exact) mass is 350 g/mol. The molecule has 0 aliphatic heterocycles. The summed E-state index contributed by atoms with van der Waals surface area (Å²) in [6.45, 7) is 0. The van der Waals surface area contributed by atoms with Crippen LogP contribution in [0.4, 0.5) is 0 Å². The van der Waals surface area contributed by atoms with Crippen molar-refractivity contribution in [2.45, 2.75) is 44.1 Å². The Morgan fingerprint density at radius 1 is 0.846 bits per heavy atom. The number of hydrogen-bond donors (Lipinski definition) is 2. The Hall–Kier alpha value is -2.62. The van der Waals surface area contributed by atoms with Crippen LogP contribution < -0.4 is 11.1 Å². The Bertz CT molecular complexity index is 685. The van der Waals surface area contributed by atoms with Gasteiger partial charge in [0.25, 0.3) is 0 Å². The molecule has 1 aliphatic carbocycles. The lowest BCUT2D eigenvalue weighted by Gasteiger charge is -2.29. The van der Waals surface area contributed by atoms with E-state index in [9.17, 15) is 9.59 Å². The van der Waals surface area contributed by atoms with Crippen molar-refractivity contribution < 1.29 is 9.59 Å². The molecule has 0 spiro atoms. The fourth-order valence-corrected chi connectivity index (χ4v) is 3.85. The minimum Gasteiger partial charge on any atom is -0.368 e. The summed E-state index contributed by atoms with van der Waals surface area (Å²) in [6.07, 6.45) is 5.09. The molecule has 2 aromatic carbocycles. The Morgan fingerprint density at radius 3 is 1.81 bits per heavy atom. The van der Waals surface area contributed by atoms with E-state index in [1.165, 1.54) is 6.42 Å². The molecule has 1 aliphatic rings. The first kappa shape index (κ1) is 18.2. The van der Waals surface area contributed by atoms with Crippen LogP contribution in [0.5, 0.6) is 0 Å². The highest BCUT2D eigenvalue weighted by Crippen LogP contribution is 2.29. The van der Waals surface area contributed by atoms with Crippen LogP contribution in [0.3, 0.4) is 0 Å². The fraction of sp³-hybridized carbons (Fsp3) is 0.364. The van der Waals surface area contributed by atoms with Gasteiger partial charge in [-0.15, -0.1) is 0 Å². The highest BCUT2D eigenvalue weighted by Gasteiger charge is 2.33. The molecule has 0 heterocycles. The number of carbonyl (C=O) groups is 2. The van der Waals surface area contributed by atoms with Crippen molar-refractivity contribution in [1.29, 1.82) is 0 Å². The number of nitrogens with two attached hydrogens (primary N) is 1. The van der Waals surface area contributed by atoms with Crippen molar-refractivity contribution in [1.82, 2.24) is 5.32 Å². The van der Waals surface area contributed by atoms with Gasteiger partial charge in [-0.3, -0.25) is 9.59 Å². The van der Waals surface area contributed by atoms with Crippen molar-refractivity contribution in [3.8, 4) is 0 Å². The normalized spacial score (nSPS) is 16.2. The topological polar surface area (TPSA) is 72.2 Å². The molecule has 1 atom stereocenters. The van der Waals surface area contributed by atoms with Crippen LogP contribution in [0.2, 0.25) is 0 Å². The fourth-order valence-electron chi connectivity index (χ4n) is 3.85. The van der Waals surface area contributed by atoms with Crippen molar-refractivity contribution in [3.05, 3.63) is 71.8 Å². The quantitative estimate of drug-likeness (QED) is 0.838. The van der Waals surface area contributed by atoms with E-state index in [1.54, 1.807) is 0 Å². The van der Waals surface area contributed by atoms with Crippen LogP contribution in [0.1, 0.15) is 49.1 Å². The van der Waals surface area contributed by atoms with Crippen LogP contribution in [0.25, 0.3) is 0 Å². The second-order valence-corrected chi connectivity index (χ2v) is 7.02. The van der Waals surface area contributed by atoms with Gasteiger partial charge in [-0.25, -0.2) is 0 Å². The van der Waals surface area contributed by atoms with Crippen molar-refractivity contribution in [3.63, 3.8) is 0 Å². The van der Waals surface area contributed by atoms with Gasteiger partial charge in [0.15, 0.2) is 0 Å². The molecular formula is C22H26N2O2. The molecule has 4 heteroatoms. The molecule has 0 saturated heterocycles. The zero-order valence-electron chi connectivity index (χ0n) is 14.9. The van der Waals surface area contributed by atoms with Crippen molar-refractivity contribution in [2.75, 3.05) is 0 Å². The number of benzene rings is 2. The summed E-state index contributed by atoms with van der Waals surface area (Å²) in [4.78, 5) is 25.1. The number of primary amides is 1. The van der Waals surface area contributed by atoms with Gasteiger partial charge < -0.3 is 11.1 Å². The van der Waals surface area contributed by atoms with Crippen LogP contribution in [0, 0.1) is 5.92 Å². The number of amides is 2. The highest BCUT2D eigenvalue weighted by atomic mass is 16.2. The van der Waals surface area contributed by atoms with E-state index in [4.69, 9.17) is 5.73 Å². The van der Waals surface area contributed by atoms with Crippen LogP contribution >= 0.6 is 0 Å². The summed E-state index contributed by atoms with van der Waals surface area (Å²) in [5, 5.41) is 2.97. The average Bonchev–Trinajstić information content (AvgIpc) is 2.69. The van der Waals surface area contributed by atoms with Crippen molar-refractivity contribution >= 4 is 11.8 Å². The molecule has 3 N–H and O–H groups in total. The largest absolute Gasteiger partial charge is 0.368 e.